The van der Waals surface area contributed by atoms with Crippen LogP contribution in [0.5, 0.6) is 0 Å². The van der Waals surface area contributed by atoms with Crippen LogP contribution in [0.15, 0.2) is 24.3 Å². The maximum absolute atomic E-state index is 11.9. The molecule has 7 heteroatoms. The molecule has 0 spiro atoms. The van der Waals surface area contributed by atoms with Crippen molar-refractivity contribution in [2.75, 3.05) is 7.05 Å². The van der Waals surface area contributed by atoms with E-state index in [1.807, 2.05) is 13.8 Å². The van der Waals surface area contributed by atoms with Crippen LogP contribution >= 0.6 is 12.2 Å². The molecule has 1 aromatic carbocycles. The molecule has 19 heavy (non-hydrogen) atoms. The number of hydrogen-bond donors (Lipinski definition) is 2. The monoisotopic (exact) mass is 301 g/mol. The van der Waals surface area contributed by atoms with E-state index in [4.69, 9.17) is 18.0 Å². The van der Waals surface area contributed by atoms with Crippen LogP contribution in [0.25, 0.3) is 0 Å². The zero-order chi connectivity index (χ0) is 14.6. The maximum atomic E-state index is 11.9. The fourth-order valence-electron chi connectivity index (χ4n) is 1.34. The van der Waals surface area contributed by atoms with Crippen LogP contribution in [0, 0.1) is 0 Å². The van der Waals surface area contributed by atoms with E-state index in [-0.39, 0.29) is 12.6 Å². The zero-order valence-corrected chi connectivity index (χ0v) is 12.9. The van der Waals surface area contributed by atoms with Crippen molar-refractivity contribution in [3.05, 3.63) is 35.4 Å². The minimum atomic E-state index is -3.45. The van der Waals surface area contributed by atoms with Gasteiger partial charge in [-0.15, -0.1) is 0 Å². The largest absolute Gasteiger partial charge is 0.389 e. The molecule has 0 amide bonds. The minimum absolute atomic E-state index is 0.0884. The third-order valence-electron chi connectivity index (χ3n) is 2.80. The zero-order valence-electron chi connectivity index (χ0n) is 11.3. The van der Waals surface area contributed by atoms with E-state index in [9.17, 15) is 8.42 Å². The first-order valence-corrected chi connectivity index (χ1v) is 7.70. The van der Waals surface area contributed by atoms with Crippen molar-refractivity contribution in [3.8, 4) is 0 Å². The Bertz CT molecular complexity index is 539. The smallest absolute Gasteiger partial charge is 0.279 e. The molecule has 5 nitrogen and oxygen atoms in total. The van der Waals surface area contributed by atoms with Crippen LogP contribution in [-0.4, -0.2) is 30.8 Å². The molecule has 0 bridgehead atoms. The molecule has 106 valence electrons. The molecule has 0 aliphatic carbocycles. The standard InChI is InChI=1S/C12H19N3O2S2/c1-9(2)15(3)19(16,17)14-8-10-4-6-11(7-5-10)12(13)18/h4-7,9,14H,8H2,1-3H3,(H2,13,18). The van der Waals surface area contributed by atoms with E-state index in [1.54, 1.807) is 31.3 Å². The Balaban J connectivity index is 2.69. The van der Waals surface area contributed by atoms with Gasteiger partial charge in [0.05, 0.1) is 0 Å². The van der Waals surface area contributed by atoms with E-state index >= 15 is 0 Å². The van der Waals surface area contributed by atoms with Crippen molar-refractivity contribution in [2.24, 2.45) is 5.73 Å². The molecule has 0 aliphatic heterocycles. The molecule has 0 aliphatic rings. The van der Waals surface area contributed by atoms with Gasteiger partial charge in [0.25, 0.3) is 10.2 Å². The van der Waals surface area contributed by atoms with Crippen molar-refractivity contribution in [3.63, 3.8) is 0 Å². The fraction of sp³-hybridized carbons (Fsp3) is 0.417. The molecule has 0 unspecified atom stereocenters. The van der Waals surface area contributed by atoms with E-state index in [0.717, 1.165) is 11.1 Å². The lowest BCUT2D eigenvalue weighted by atomic mass is 10.1. The Hall–Kier alpha value is -1.02. The number of hydrogen-bond acceptors (Lipinski definition) is 3. The maximum Gasteiger partial charge on any atom is 0.279 e. The summed E-state index contributed by atoms with van der Waals surface area (Å²) in [5.41, 5.74) is 7.11. The number of benzene rings is 1. The Morgan fingerprint density at radius 2 is 1.89 bits per heavy atom. The van der Waals surface area contributed by atoms with E-state index < -0.39 is 10.2 Å². The molecular formula is C12H19N3O2S2. The molecule has 0 saturated carbocycles. The molecular weight excluding hydrogens is 282 g/mol. The van der Waals surface area contributed by atoms with Gasteiger partial charge in [0.1, 0.15) is 4.99 Å². The van der Waals surface area contributed by atoms with Crippen LogP contribution in [0.4, 0.5) is 0 Å². The first-order valence-electron chi connectivity index (χ1n) is 5.85. The van der Waals surface area contributed by atoms with Gasteiger partial charge >= 0.3 is 0 Å². The predicted octanol–water partition coefficient (Wildman–Crippen LogP) is 0.995. The lowest BCUT2D eigenvalue weighted by molar-refractivity contribution is 0.402. The van der Waals surface area contributed by atoms with Crippen LogP contribution in [0.1, 0.15) is 25.0 Å². The highest BCUT2D eigenvalue weighted by atomic mass is 32.2. The Labute approximate surface area is 120 Å². The summed E-state index contributed by atoms with van der Waals surface area (Å²) in [6.45, 7) is 3.86. The van der Waals surface area contributed by atoms with Crippen molar-refractivity contribution < 1.29 is 8.42 Å². The average molecular weight is 301 g/mol. The van der Waals surface area contributed by atoms with Crippen molar-refractivity contribution >= 4 is 27.4 Å². The van der Waals surface area contributed by atoms with Gasteiger partial charge in [0.15, 0.2) is 0 Å². The van der Waals surface area contributed by atoms with Gasteiger partial charge < -0.3 is 5.73 Å². The van der Waals surface area contributed by atoms with Gasteiger partial charge in [-0.3, -0.25) is 0 Å². The fourth-order valence-corrected chi connectivity index (χ4v) is 2.58. The lowest BCUT2D eigenvalue weighted by Crippen LogP contribution is -2.41. The normalized spacial score (nSPS) is 12.1. The first-order chi connectivity index (χ1) is 8.74. The van der Waals surface area contributed by atoms with Gasteiger partial charge in [-0.2, -0.15) is 17.4 Å². The SMILES string of the molecule is CC(C)N(C)S(=O)(=O)NCc1ccc(C(N)=S)cc1. The molecule has 0 heterocycles. The minimum Gasteiger partial charge on any atom is -0.389 e. The third-order valence-corrected chi connectivity index (χ3v) is 4.73. The van der Waals surface area contributed by atoms with Crippen molar-refractivity contribution in [2.45, 2.75) is 26.4 Å². The molecule has 0 aromatic heterocycles. The topological polar surface area (TPSA) is 75.4 Å². The molecule has 1 aromatic rings. The average Bonchev–Trinajstić information content (AvgIpc) is 2.35. The third kappa shape index (κ3) is 4.54. The Morgan fingerprint density at radius 3 is 2.32 bits per heavy atom. The van der Waals surface area contributed by atoms with Gasteiger partial charge in [-0.1, -0.05) is 36.5 Å². The number of nitrogens with zero attached hydrogens (tertiary/aromatic N) is 1. The van der Waals surface area contributed by atoms with Gasteiger partial charge in [0, 0.05) is 25.2 Å². The Morgan fingerprint density at radius 1 is 1.37 bits per heavy atom. The van der Waals surface area contributed by atoms with E-state index in [2.05, 4.69) is 4.72 Å². The highest BCUT2D eigenvalue weighted by Crippen LogP contribution is 2.06. The summed E-state index contributed by atoms with van der Waals surface area (Å²) in [6.07, 6.45) is 0. The van der Waals surface area contributed by atoms with Crippen LogP contribution < -0.4 is 10.5 Å². The molecule has 0 radical (unpaired) electrons. The second kappa shape index (κ2) is 6.42. The summed E-state index contributed by atoms with van der Waals surface area (Å²) in [7, 11) is -1.91. The van der Waals surface area contributed by atoms with Crippen molar-refractivity contribution in [1.29, 1.82) is 0 Å². The summed E-state index contributed by atoms with van der Waals surface area (Å²) in [5.74, 6) is 0. The van der Waals surface area contributed by atoms with Gasteiger partial charge in [-0.05, 0) is 19.4 Å². The number of nitrogens with one attached hydrogen (secondary N) is 1. The summed E-state index contributed by atoms with van der Waals surface area (Å²) in [6, 6.07) is 7.06. The first kappa shape index (κ1) is 16.0. The molecule has 3 N–H and O–H groups in total. The summed E-state index contributed by atoms with van der Waals surface area (Å²) in [4.78, 5) is 0.326. The second-order valence-corrected chi connectivity index (χ2v) is 6.75. The van der Waals surface area contributed by atoms with Gasteiger partial charge in [0.2, 0.25) is 0 Å². The highest BCUT2D eigenvalue weighted by molar-refractivity contribution is 7.87. The highest BCUT2D eigenvalue weighted by Gasteiger charge is 2.19. The lowest BCUT2D eigenvalue weighted by Gasteiger charge is -2.21. The van der Waals surface area contributed by atoms with E-state index in [1.165, 1.54) is 4.31 Å². The molecule has 1 rings (SSSR count). The summed E-state index contributed by atoms with van der Waals surface area (Å²) >= 11 is 4.85. The van der Waals surface area contributed by atoms with Crippen molar-refractivity contribution in [1.82, 2.24) is 9.03 Å². The molecule has 0 atom stereocenters. The second-order valence-electron chi connectivity index (χ2n) is 4.50. The van der Waals surface area contributed by atoms with E-state index in [0.29, 0.717) is 4.99 Å². The number of nitrogens with two attached hydrogens (primary N) is 1. The number of rotatable bonds is 6. The molecule has 0 fully saturated rings. The predicted molar refractivity (Wildman–Crippen MR) is 81.0 cm³/mol. The molecule has 0 saturated heterocycles. The van der Waals surface area contributed by atoms with Crippen LogP contribution in [0.2, 0.25) is 0 Å². The van der Waals surface area contributed by atoms with Gasteiger partial charge in [-0.25, -0.2) is 0 Å². The van der Waals surface area contributed by atoms with Crippen LogP contribution in [0.3, 0.4) is 0 Å². The number of thiocarbonyl (C=S) groups is 1. The Kier molecular flexibility index (Phi) is 5.42. The summed E-state index contributed by atoms with van der Waals surface area (Å²) in [5, 5.41) is 0. The quantitative estimate of drug-likeness (QED) is 0.769. The van der Waals surface area contributed by atoms with Crippen LogP contribution in [-0.2, 0) is 16.8 Å². The summed E-state index contributed by atoms with van der Waals surface area (Å²) < 4.78 is 27.6.